The van der Waals surface area contributed by atoms with Gasteiger partial charge in [0.1, 0.15) is 5.75 Å². The minimum Gasteiger partial charge on any atom is -0.508 e. The summed E-state index contributed by atoms with van der Waals surface area (Å²) in [5, 5.41) is 13.0. The lowest BCUT2D eigenvalue weighted by molar-refractivity contribution is -0.115. The van der Waals surface area contributed by atoms with Gasteiger partial charge in [0.25, 0.3) is 0 Å². The number of phenols is 1. The third-order valence-corrected chi connectivity index (χ3v) is 3.31. The first-order valence-electron chi connectivity index (χ1n) is 5.90. The van der Waals surface area contributed by atoms with Gasteiger partial charge in [-0.3, -0.25) is 4.79 Å². The molecule has 0 radical (unpaired) electrons. The number of halogens is 1. The second kappa shape index (κ2) is 6.38. The molecule has 2 aromatic rings. The number of hydrogen-bond donors (Lipinski definition) is 2. The van der Waals surface area contributed by atoms with Gasteiger partial charge in [0.2, 0.25) is 5.91 Å². The van der Waals surface area contributed by atoms with Gasteiger partial charge in [0.15, 0.2) is 0 Å². The van der Waals surface area contributed by atoms with Crippen LogP contribution in [0.2, 0.25) is 0 Å². The fraction of sp³-hybridized carbons (Fsp3) is 0.133. The van der Waals surface area contributed by atoms with Crippen molar-refractivity contribution < 1.29 is 9.90 Å². The third kappa shape index (κ3) is 4.10. The first-order chi connectivity index (χ1) is 9.17. The number of rotatable bonds is 4. The van der Waals surface area contributed by atoms with Crippen molar-refractivity contribution in [3.05, 3.63) is 59.7 Å². The Kier molecular flexibility index (Phi) is 4.58. The second-order valence-electron chi connectivity index (χ2n) is 4.23. The molecule has 1 amide bonds. The molecule has 2 N–H and O–H groups in total. The van der Waals surface area contributed by atoms with Crippen LogP contribution in [0.1, 0.15) is 11.1 Å². The van der Waals surface area contributed by atoms with E-state index in [2.05, 4.69) is 21.2 Å². The van der Waals surface area contributed by atoms with Gasteiger partial charge in [-0.2, -0.15) is 0 Å². The van der Waals surface area contributed by atoms with Gasteiger partial charge in [-0.25, -0.2) is 0 Å². The van der Waals surface area contributed by atoms with Crippen LogP contribution in [0.4, 0.5) is 5.69 Å². The number of aromatic hydroxyl groups is 1. The third-order valence-electron chi connectivity index (χ3n) is 2.67. The molecular formula is C15H14BrNO2. The van der Waals surface area contributed by atoms with Gasteiger partial charge in [-0.1, -0.05) is 40.2 Å². The Morgan fingerprint density at radius 2 is 1.84 bits per heavy atom. The van der Waals surface area contributed by atoms with Crippen LogP contribution in [0.15, 0.2) is 48.5 Å². The number of carbonyl (C=O) groups excluding carboxylic acids is 1. The standard InChI is InChI=1S/C15H14BrNO2/c16-10-11-4-6-13(7-5-11)17-15(19)9-12-2-1-3-14(18)8-12/h1-8,18H,9-10H2,(H,17,19). The summed E-state index contributed by atoms with van der Waals surface area (Å²) in [5.74, 6) is 0.0733. The molecule has 0 aliphatic heterocycles. The van der Waals surface area contributed by atoms with E-state index in [0.29, 0.717) is 0 Å². The Labute approximate surface area is 120 Å². The van der Waals surface area contributed by atoms with E-state index in [4.69, 9.17) is 0 Å². The Hall–Kier alpha value is -1.81. The molecule has 0 spiro atoms. The first kappa shape index (κ1) is 13.6. The van der Waals surface area contributed by atoms with Crippen molar-refractivity contribution in [2.45, 2.75) is 11.8 Å². The van der Waals surface area contributed by atoms with E-state index in [-0.39, 0.29) is 18.1 Å². The molecule has 0 unspecified atom stereocenters. The molecule has 0 fully saturated rings. The maximum Gasteiger partial charge on any atom is 0.228 e. The average molecular weight is 320 g/mol. The second-order valence-corrected chi connectivity index (χ2v) is 4.79. The molecule has 0 aliphatic rings. The molecule has 3 nitrogen and oxygen atoms in total. The van der Waals surface area contributed by atoms with Crippen LogP contribution in [-0.4, -0.2) is 11.0 Å². The Balaban J connectivity index is 1.97. The first-order valence-corrected chi connectivity index (χ1v) is 7.02. The predicted octanol–water partition coefficient (Wildman–Crippen LogP) is 3.47. The van der Waals surface area contributed by atoms with E-state index in [1.807, 2.05) is 30.3 Å². The average Bonchev–Trinajstić information content (AvgIpc) is 2.39. The summed E-state index contributed by atoms with van der Waals surface area (Å²) < 4.78 is 0. The summed E-state index contributed by atoms with van der Waals surface area (Å²) in [6.07, 6.45) is 0.245. The fourth-order valence-electron chi connectivity index (χ4n) is 1.73. The highest BCUT2D eigenvalue weighted by molar-refractivity contribution is 9.08. The van der Waals surface area contributed by atoms with Gasteiger partial charge in [0, 0.05) is 11.0 Å². The topological polar surface area (TPSA) is 49.3 Å². The summed E-state index contributed by atoms with van der Waals surface area (Å²) in [4.78, 5) is 11.8. The largest absolute Gasteiger partial charge is 0.508 e. The minimum absolute atomic E-state index is 0.0998. The number of phenolic OH excluding ortho intramolecular Hbond substituents is 1. The highest BCUT2D eigenvalue weighted by Gasteiger charge is 2.04. The maximum absolute atomic E-state index is 11.8. The molecule has 0 bridgehead atoms. The number of carbonyl (C=O) groups is 1. The van der Waals surface area contributed by atoms with E-state index in [1.165, 1.54) is 0 Å². The number of amides is 1. The molecule has 98 valence electrons. The van der Waals surface area contributed by atoms with Crippen LogP contribution >= 0.6 is 15.9 Å². The minimum atomic E-state index is -0.0998. The summed E-state index contributed by atoms with van der Waals surface area (Å²) in [7, 11) is 0. The monoisotopic (exact) mass is 319 g/mol. The quantitative estimate of drug-likeness (QED) is 0.848. The molecule has 2 rings (SSSR count). The Morgan fingerprint density at radius 3 is 2.47 bits per heavy atom. The zero-order valence-corrected chi connectivity index (χ0v) is 11.9. The fourth-order valence-corrected chi connectivity index (χ4v) is 2.11. The lowest BCUT2D eigenvalue weighted by Crippen LogP contribution is -2.14. The number of benzene rings is 2. The number of alkyl halides is 1. The van der Waals surface area contributed by atoms with Crippen molar-refractivity contribution in [1.82, 2.24) is 0 Å². The van der Waals surface area contributed by atoms with Crippen molar-refractivity contribution in [3.63, 3.8) is 0 Å². The smallest absolute Gasteiger partial charge is 0.228 e. The van der Waals surface area contributed by atoms with Crippen LogP contribution in [0, 0.1) is 0 Å². The number of anilines is 1. The highest BCUT2D eigenvalue weighted by Crippen LogP contribution is 2.14. The molecule has 2 aromatic carbocycles. The van der Waals surface area contributed by atoms with E-state index < -0.39 is 0 Å². The van der Waals surface area contributed by atoms with Crippen molar-refractivity contribution in [3.8, 4) is 5.75 Å². The van der Waals surface area contributed by atoms with Crippen LogP contribution in [0.25, 0.3) is 0 Å². The van der Waals surface area contributed by atoms with Gasteiger partial charge in [0.05, 0.1) is 6.42 Å². The van der Waals surface area contributed by atoms with E-state index >= 15 is 0 Å². The Bertz CT molecular complexity index is 567. The highest BCUT2D eigenvalue weighted by atomic mass is 79.9. The SMILES string of the molecule is O=C(Cc1cccc(O)c1)Nc1ccc(CBr)cc1. The molecule has 0 atom stereocenters. The Morgan fingerprint density at radius 1 is 1.11 bits per heavy atom. The van der Waals surface area contributed by atoms with Gasteiger partial charge in [-0.05, 0) is 35.4 Å². The predicted molar refractivity (Wildman–Crippen MR) is 79.5 cm³/mol. The molecule has 0 heterocycles. The zero-order chi connectivity index (χ0) is 13.7. The zero-order valence-electron chi connectivity index (χ0n) is 10.3. The lowest BCUT2D eigenvalue weighted by Gasteiger charge is -2.06. The summed E-state index contributed by atoms with van der Waals surface area (Å²) in [6.45, 7) is 0. The van der Waals surface area contributed by atoms with E-state index in [1.54, 1.807) is 18.2 Å². The van der Waals surface area contributed by atoms with Crippen LogP contribution in [0.5, 0.6) is 5.75 Å². The summed E-state index contributed by atoms with van der Waals surface area (Å²) >= 11 is 3.37. The van der Waals surface area contributed by atoms with Crippen LogP contribution in [0.3, 0.4) is 0 Å². The molecule has 0 aromatic heterocycles. The van der Waals surface area contributed by atoms with Crippen molar-refractivity contribution in [2.24, 2.45) is 0 Å². The maximum atomic E-state index is 11.8. The van der Waals surface area contributed by atoms with Crippen molar-refractivity contribution in [1.29, 1.82) is 0 Å². The number of hydrogen-bond acceptors (Lipinski definition) is 2. The van der Waals surface area contributed by atoms with Gasteiger partial charge >= 0.3 is 0 Å². The van der Waals surface area contributed by atoms with Gasteiger partial charge in [-0.15, -0.1) is 0 Å². The normalized spacial score (nSPS) is 10.2. The van der Waals surface area contributed by atoms with Gasteiger partial charge < -0.3 is 10.4 Å². The lowest BCUT2D eigenvalue weighted by atomic mass is 10.1. The van der Waals surface area contributed by atoms with E-state index in [0.717, 1.165) is 22.1 Å². The molecule has 0 aliphatic carbocycles. The van der Waals surface area contributed by atoms with Crippen LogP contribution in [-0.2, 0) is 16.5 Å². The van der Waals surface area contributed by atoms with Crippen LogP contribution < -0.4 is 5.32 Å². The molecule has 4 heteroatoms. The summed E-state index contributed by atoms with van der Waals surface area (Å²) in [5.41, 5.74) is 2.72. The molecule has 19 heavy (non-hydrogen) atoms. The van der Waals surface area contributed by atoms with Crippen molar-refractivity contribution in [2.75, 3.05) is 5.32 Å². The molecule has 0 saturated carbocycles. The molecular weight excluding hydrogens is 306 g/mol. The van der Waals surface area contributed by atoms with Crippen molar-refractivity contribution >= 4 is 27.5 Å². The van der Waals surface area contributed by atoms with E-state index in [9.17, 15) is 9.90 Å². The summed E-state index contributed by atoms with van der Waals surface area (Å²) in [6, 6.07) is 14.4. The number of nitrogens with one attached hydrogen (secondary N) is 1. The molecule has 0 saturated heterocycles.